The van der Waals surface area contributed by atoms with Gasteiger partial charge in [-0.25, -0.2) is 5.10 Å². The number of nitrogens with zero attached hydrogens (tertiary/aromatic N) is 2. The smallest absolute Gasteiger partial charge is 0.337 e. The van der Waals surface area contributed by atoms with Gasteiger partial charge in [-0.05, 0) is 42.9 Å². The van der Waals surface area contributed by atoms with Crippen LogP contribution in [0.5, 0.6) is 6.01 Å². The molecule has 0 spiro atoms. The lowest BCUT2D eigenvalue weighted by molar-refractivity contribution is -0.115. The van der Waals surface area contributed by atoms with Crippen LogP contribution in [0.3, 0.4) is 0 Å². The SMILES string of the molecule is CCOc1n[nH]c(NC(=O)Cc2ccc3c(c2)CCC3)n1. The van der Waals surface area contributed by atoms with Crippen LogP contribution in [0.4, 0.5) is 5.95 Å². The predicted molar refractivity (Wildman–Crippen MR) is 78.4 cm³/mol. The first-order valence-electron chi connectivity index (χ1n) is 7.20. The van der Waals surface area contributed by atoms with Gasteiger partial charge in [0.25, 0.3) is 0 Å². The summed E-state index contributed by atoms with van der Waals surface area (Å²) in [7, 11) is 0. The minimum atomic E-state index is -0.118. The number of hydrogen-bond acceptors (Lipinski definition) is 4. The van der Waals surface area contributed by atoms with Crippen molar-refractivity contribution >= 4 is 11.9 Å². The third kappa shape index (κ3) is 3.21. The molecule has 21 heavy (non-hydrogen) atoms. The molecule has 1 aliphatic rings. The average Bonchev–Trinajstić information content (AvgIpc) is 3.08. The molecule has 0 aliphatic heterocycles. The van der Waals surface area contributed by atoms with Gasteiger partial charge in [-0.1, -0.05) is 18.2 Å². The standard InChI is InChI=1S/C15H18N4O2/c1-2-21-15-17-14(18-19-15)16-13(20)9-10-6-7-11-4-3-5-12(11)8-10/h6-8H,2-5,9H2,1H3,(H2,16,17,18,19,20). The van der Waals surface area contributed by atoms with Crippen molar-refractivity contribution in [3.8, 4) is 6.01 Å². The lowest BCUT2D eigenvalue weighted by Gasteiger charge is -2.05. The molecule has 2 aromatic rings. The number of amides is 1. The van der Waals surface area contributed by atoms with Crippen molar-refractivity contribution in [1.82, 2.24) is 15.2 Å². The number of hydrogen-bond donors (Lipinski definition) is 2. The molecule has 0 saturated heterocycles. The third-order valence-electron chi connectivity index (χ3n) is 3.52. The number of ether oxygens (including phenoxy) is 1. The van der Waals surface area contributed by atoms with Gasteiger partial charge in [0.1, 0.15) is 0 Å². The van der Waals surface area contributed by atoms with Crippen LogP contribution < -0.4 is 10.1 Å². The van der Waals surface area contributed by atoms with E-state index >= 15 is 0 Å². The van der Waals surface area contributed by atoms with Crippen molar-refractivity contribution in [2.45, 2.75) is 32.6 Å². The molecule has 0 saturated carbocycles. The molecule has 2 N–H and O–H groups in total. The van der Waals surface area contributed by atoms with Crippen LogP contribution in [0, 0.1) is 0 Å². The molecule has 0 atom stereocenters. The molecule has 1 aromatic heterocycles. The van der Waals surface area contributed by atoms with Gasteiger partial charge < -0.3 is 4.74 Å². The summed E-state index contributed by atoms with van der Waals surface area (Å²) in [6, 6.07) is 6.53. The Morgan fingerprint density at radius 3 is 3.10 bits per heavy atom. The molecule has 6 nitrogen and oxygen atoms in total. The van der Waals surface area contributed by atoms with E-state index in [1.165, 1.54) is 17.5 Å². The van der Waals surface area contributed by atoms with Crippen LogP contribution >= 0.6 is 0 Å². The van der Waals surface area contributed by atoms with Crippen LogP contribution in [0.25, 0.3) is 0 Å². The maximum absolute atomic E-state index is 12.0. The zero-order valence-corrected chi connectivity index (χ0v) is 12.0. The number of benzene rings is 1. The zero-order valence-electron chi connectivity index (χ0n) is 12.0. The van der Waals surface area contributed by atoms with E-state index in [-0.39, 0.29) is 11.9 Å². The summed E-state index contributed by atoms with van der Waals surface area (Å²) in [5.74, 6) is 0.191. The van der Waals surface area contributed by atoms with Crippen molar-refractivity contribution in [3.05, 3.63) is 34.9 Å². The number of rotatable bonds is 5. The van der Waals surface area contributed by atoms with Crippen LogP contribution in [0.15, 0.2) is 18.2 Å². The van der Waals surface area contributed by atoms with Gasteiger partial charge in [0.2, 0.25) is 11.9 Å². The number of anilines is 1. The Bertz CT molecular complexity index is 651. The van der Waals surface area contributed by atoms with Gasteiger partial charge in [0.15, 0.2) is 0 Å². The van der Waals surface area contributed by atoms with Gasteiger partial charge in [0, 0.05) is 0 Å². The molecule has 0 unspecified atom stereocenters. The van der Waals surface area contributed by atoms with Gasteiger partial charge in [-0.2, -0.15) is 4.98 Å². The number of fused-ring (bicyclic) bond motifs is 1. The van der Waals surface area contributed by atoms with E-state index < -0.39 is 0 Å². The first-order chi connectivity index (χ1) is 10.2. The number of aryl methyl sites for hydroxylation is 2. The maximum atomic E-state index is 12.0. The quantitative estimate of drug-likeness (QED) is 0.879. The fourth-order valence-corrected chi connectivity index (χ4v) is 2.59. The lowest BCUT2D eigenvalue weighted by Crippen LogP contribution is -2.15. The van der Waals surface area contributed by atoms with Crippen molar-refractivity contribution in [2.75, 3.05) is 11.9 Å². The fraction of sp³-hybridized carbons (Fsp3) is 0.400. The summed E-state index contributed by atoms with van der Waals surface area (Å²) >= 11 is 0. The summed E-state index contributed by atoms with van der Waals surface area (Å²) in [4.78, 5) is 16.0. The van der Waals surface area contributed by atoms with Crippen LogP contribution in [-0.4, -0.2) is 27.7 Å². The van der Waals surface area contributed by atoms with Crippen molar-refractivity contribution in [3.63, 3.8) is 0 Å². The van der Waals surface area contributed by atoms with Gasteiger partial charge in [0.05, 0.1) is 13.0 Å². The highest BCUT2D eigenvalue weighted by atomic mass is 16.5. The highest BCUT2D eigenvalue weighted by Gasteiger charge is 2.13. The van der Waals surface area contributed by atoms with Crippen LogP contribution in [0.2, 0.25) is 0 Å². The minimum Gasteiger partial charge on any atom is -0.463 e. The topological polar surface area (TPSA) is 79.9 Å². The number of nitrogens with one attached hydrogen (secondary N) is 2. The first kappa shape index (κ1) is 13.6. The average molecular weight is 286 g/mol. The van der Waals surface area contributed by atoms with E-state index in [2.05, 4.69) is 32.6 Å². The monoisotopic (exact) mass is 286 g/mol. The molecule has 1 heterocycles. The second-order valence-electron chi connectivity index (χ2n) is 5.08. The highest BCUT2D eigenvalue weighted by molar-refractivity contribution is 5.90. The number of carbonyl (C=O) groups excluding carboxylic acids is 1. The lowest BCUT2D eigenvalue weighted by atomic mass is 10.0. The largest absolute Gasteiger partial charge is 0.463 e. The van der Waals surface area contributed by atoms with E-state index in [0.717, 1.165) is 18.4 Å². The van der Waals surface area contributed by atoms with Gasteiger partial charge >= 0.3 is 6.01 Å². The Balaban J connectivity index is 1.60. The Labute approximate surface area is 122 Å². The van der Waals surface area contributed by atoms with Crippen molar-refractivity contribution in [1.29, 1.82) is 0 Å². The molecule has 1 aliphatic carbocycles. The second kappa shape index (κ2) is 5.95. The van der Waals surface area contributed by atoms with Crippen LogP contribution in [0.1, 0.15) is 30.0 Å². The number of aromatic amines is 1. The normalized spacial score (nSPS) is 13.0. The molecule has 0 fully saturated rings. The van der Waals surface area contributed by atoms with Crippen LogP contribution in [-0.2, 0) is 24.1 Å². The molecular weight excluding hydrogens is 268 g/mol. The summed E-state index contributed by atoms with van der Waals surface area (Å²) in [6.45, 7) is 2.34. The Morgan fingerprint density at radius 1 is 1.38 bits per heavy atom. The van der Waals surface area contributed by atoms with Crippen molar-refractivity contribution < 1.29 is 9.53 Å². The van der Waals surface area contributed by atoms with Gasteiger partial charge in [-0.15, -0.1) is 5.10 Å². The summed E-state index contributed by atoms with van der Waals surface area (Å²) in [6.07, 6.45) is 3.81. The molecule has 6 heteroatoms. The van der Waals surface area contributed by atoms with E-state index in [9.17, 15) is 4.79 Å². The third-order valence-corrected chi connectivity index (χ3v) is 3.52. The Morgan fingerprint density at radius 2 is 2.24 bits per heavy atom. The maximum Gasteiger partial charge on any atom is 0.337 e. The van der Waals surface area contributed by atoms with E-state index in [1.807, 2.05) is 13.0 Å². The zero-order chi connectivity index (χ0) is 14.7. The van der Waals surface area contributed by atoms with Gasteiger partial charge in [-0.3, -0.25) is 10.1 Å². The number of H-pyrrole nitrogens is 1. The molecule has 110 valence electrons. The van der Waals surface area contributed by atoms with E-state index in [1.54, 1.807) is 0 Å². The molecule has 1 aromatic carbocycles. The summed E-state index contributed by atoms with van der Waals surface area (Å²) < 4.78 is 5.13. The van der Waals surface area contributed by atoms with E-state index in [0.29, 0.717) is 19.0 Å². The molecule has 3 rings (SSSR count). The molecule has 0 radical (unpaired) electrons. The first-order valence-corrected chi connectivity index (χ1v) is 7.20. The number of carbonyl (C=O) groups is 1. The molecule has 1 amide bonds. The molecular formula is C15H18N4O2. The molecule has 0 bridgehead atoms. The van der Waals surface area contributed by atoms with E-state index in [4.69, 9.17) is 4.74 Å². The number of aromatic nitrogens is 3. The minimum absolute atomic E-state index is 0.118. The second-order valence-corrected chi connectivity index (χ2v) is 5.08. The fourth-order valence-electron chi connectivity index (χ4n) is 2.59. The Kier molecular flexibility index (Phi) is 3.85. The highest BCUT2D eigenvalue weighted by Crippen LogP contribution is 2.23. The summed E-state index contributed by atoms with van der Waals surface area (Å²) in [5.41, 5.74) is 3.81. The Hall–Kier alpha value is -2.37. The summed E-state index contributed by atoms with van der Waals surface area (Å²) in [5, 5.41) is 9.16. The predicted octanol–water partition coefficient (Wildman–Crippen LogP) is 1.87. The van der Waals surface area contributed by atoms with Crippen molar-refractivity contribution in [2.24, 2.45) is 0 Å².